The Morgan fingerprint density at radius 3 is 2.63 bits per heavy atom. The van der Waals surface area contributed by atoms with Crippen molar-refractivity contribution in [3.8, 4) is 0 Å². The zero-order valence-corrected chi connectivity index (χ0v) is 26.4. The van der Waals surface area contributed by atoms with Crippen LogP contribution in [0.4, 0.5) is 13.2 Å². The van der Waals surface area contributed by atoms with Crippen LogP contribution in [0.2, 0.25) is 0 Å². The minimum Gasteiger partial charge on any atom is -0.504 e. The predicted octanol–water partition coefficient (Wildman–Crippen LogP) is 6.08. The maximum atomic E-state index is 13.8. The number of aliphatic hydroxyl groups is 1. The van der Waals surface area contributed by atoms with Crippen molar-refractivity contribution in [2.24, 2.45) is 17.3 Å². The van der Waals surface area contributed by atoms with Crippen LogP contribution in [0.15, 0.2) is 72.0 Å². The molecule has 11 heteroatoms. The number of hydrogen-bond donors (Lipinski definition) is 2. The van der Waals surface area contributed by atoms with Gasteiger partial charge in [0, 0.05) is 42.6 Å². The molecule has 248 valence electrons. The molecule has 2 aliphatic heterocycles. The summed E-state index contributed by atoms with van der Waals surface area (Å²) in [5.41, 5.74) is -0.342. The number of halogens is 3. The normalized spacial score (nSPS) is 34.8. The number of esters is 1. The average Bonchev–Trinajstić information content (AvgIpc) is 3.33. The van der Waals surface area contributed by atoms with E-state index in [0.29, 0.717) is 12.0 Å². The summed E-state index contributed by atoms with van der Waals surface area (Å²) in [7, 11) is 0. The van der Waals surface area contributed by atoms with Crippen LogP contribution >= 0.6 is 0 Å². The lowest BCUT2D eigenvalue weighted by molar-refractivity contribution is -0.960. The minimum absolute atomic E-state index is 0.0597. The van der Waals surface area contributed by atoms with Crippen LogP contribution in [0.1, 0.15) is 58.4 Å². The number of allylic oxidation sites excluding steroid dienone is 1. The number of ether oxygens (including phenoxy) is 3. The number of rotatable bonds is 9. The molecule has 1 spiro atoms. The lowest BCUT2D eigenvalue weighted by Gasteiger charge is -2.63. The fourth-order valence-corrected chi connectivity index (χ4v) is 9.46. The summed E-state index contributed by atoms with van der Waals surface area (Å²) in [6.07, 6.45) is 3.27. The number of hydrogen-bond acceptors (Lipinski definition) is 6. The van der Waals surface area contributed by atoms with Crippen LogP contribution in [0.5, 0.6) is 0 Å². The molecule has 1 aromatic carbocycles. The lowest BCUT2D eigenvalue weighted by Crippen LogP contribution is -2.71. The molecule has 6 rings (SSSR count). The van der Waals surface area contributed by atoms with Crippen LogP contribution < -0.4 is 5.32 Å². The van der Waals surface area contributed by atoms with Gasteiger partial charge in [0.25, 0.3) is 5.91 Å². The number of aliphatic hydroxyl groups excluding tert-OH is 1. The molecule has 3 aliphatic carbocycles. The van der Waals surface area contributed by atoms with Gasteiger partial charge < -0.3 is 29.1 Å². The zero-order valence-electron chi connectivity index (χ0n) is 26.4. The topological polar surface area (TPSA) is 94.1 Å². The number of nitrogens with one attached hydrogen (secondary N) is 1. The van der Waals surface area contributed by atoms with Gasteiger partial charge in [-0.25, -0.2) is 0 Å². The van der Waals surface area contributed by atoms with Crippen LogP contribution in [-0.4, -0.2) is 71.4 Å². The van der Waals surface area contributed by atoms with E-state index < -0.39 is 41.6 Å². The molecule has 1 aromatic rings. The first kappa shape index (κ1) is 32.4. The number of benzene rings is 1. The number of alkyl halides is 3. The summed E-state index contributed by atoms with van der Waals surface area (Å²) < 4.78 is 58.5. The Morgan fingerprint density at radius 1 is 1.24 bits per heavy atom. The first-order valence-corrected chi connectivity index (χ1v) is 16.1. The molecular weight excluding hydrogens is 601 g/mol. The van der Waals surface area contributed by atoms with Crippen molar-refractivity contribution in [3.05, 3.63) is 77.6 Å². The van der Waals surface area contributed by atoms with E-state index in [0.717, 1.165) is 67.4 Å². The standard InChI is InChI=1S/C35H41F3N2O6/c1-5-17-40(20-21(2)3)18-16-33-25-12-9-13-27(33)44-31-28(33)24(19-26(25)40)14-15-34(31,45-22(4)41)39-32(43)30(46-35(36,37)38)29(42)23-10-7-6-8-11-23/h5-8,10-11,14-15,21,25-27,31H,1,9,12-13,16-20H2,2-4H3,(H-,39,42,43)/p+1/t25-,26+,27-,31?,33+,34?,40?/m0/s1. The maximum Gasteiger partial charge on any atom is 0.573 e. The Labute approximate surface area is 267 Å². The molecule has 3 unspecified atom stereocenters. The summed E-state index contributed by atoms with van der Waals surface area (Å²) in [5, 5.41) is 13.4. The second-order valence-electron chi connectivity index (χ2n) is 13.8. The van der Waals surface area contributed by atoms with Crippen molar-refractivity contribution in [1.82, 2.24) is 5.32 Å². The van der Waals surface area contributed by atoms with Gasteiger partial charge in [-0.2, -0.15) is 0 Å². The molecule has 2 N–H and O–H groups in total. The third kappa shape index (κ3) is 5.25. The fraction of sp³-hybridized carbons (Fsp3) is 0.543. The van der Waals surface area contributed by atoms with Crippen molar-refractivity contribution in [2.75, 3.05) is 19.6 Å². The molecule has 46 heavy (non-hydrogen) atoms. The summed E-state index contributed by atoms with van der Waals surface area (Å²) in [6.45, 7) is 12.6. The number of carbonyl (C=O) groups is 2. The van der Waals surface area contributed by atoms with E-state index in [4.69, 9.17) is 9.47 Å². The highest BCUT2D eigenvalue weighted by Gasteiger charge is 2.71. The molecule has 8 nitrogen and oxygen atoms in total. The van der Waals surface area contributed by atoms with E-state index in [1.807, 2.05) is 12.2 Å². The summed E-state index contributed by atoms with van der Waals surface area (Å²) >= 11 is 0. The number of likely N-dealkylation sites (tertiary alicyclic amines) is 1. The summed E-state index contributed by atoms with van der Waals surface area (Å²) in [4.78, 5) is 26.4. The van der Waals surface area contributed by atoms with Gasteiger partial charge in [0.05, 0.1) is 31.8 Å². The Balaban J connectivity index is 1.43. The van der Waals surface area contributed by atoms with Crippen molar-refractivity contribution < 1.29 is 46.6 Å². The monoisotopic (exact) mass is 643 g/mol. The Hall–Kier alpha value is -3.57. The van der Waals surface area contributed by atoms with Crippen LogP contribution in [-0.2, 0) is 23.8 Å². The molecule has 5 aliphatic rings. The largest absolute Gasteiger partial charge is 0.573 e. The Kier molecular flexibility index (Phi) is 8.16. The van der Waals surface area contributed by atoms with Gasteiger partial charge in [-0.05, 0) is 36.1 Å². The number of nitrogens with zero attached hydrogens (tertiary/aromatic N) is 1. The molecule has 2 saturated heterocycles. The van der Waals surface area contributed by atoms with Crippen LogP contribution in [0, 0.1) is 17.3 Å². The average molecular weight is 644 g/mol. The maximum absolute atomic E-state index is 13.8. The molecule has 3 fully saturated rings. The molecular formula is C35H42F3N2O6+. The third-order valence-corrected chi connectivity index (χ3v) is 10.6. The minimum atomic E-state index is -5.29. The highest BCUT2D eigenvalue weighted by Crippen LogP contribution is 2.67. The molecule has 2 heterocycles. The van der Waals surface area contributed by atoms with Gasteiger partial charge in [-0.3, -0.25) is 9.59 Å². The third-order valence-electron chi connectivity index (χ3n) is 10.6. The predicted molar refractivity (Wildman–Crippen MR) is 163 cm³/mol. The number of piperidine rings is 1. The molecule has 1 saturated carbocycles. The zero-order chi connectivity index (χ0) is 33.1. The van der Waals surface area contributed by atoms with E-state index in [9.17, 15) is 27.9 Å². The smallest absolute Gasteiger partial charge is 0.504 e. The fourth-order valence-electron chi connectivity index (χ4n) is 9.46. The van der Waals surface area contributed by atoms with Crippen molar-refractivity contribution in [3.63, 3.8) is 0 Å². The molecule has 0 radical (unpaired) electrons. The van der Waals surface area contributed by atoms with Gasteiger partial charge in [0.15, 0.2) is 5.76 Å². The number of carbonyl (C=O) groups excluding carboxylic acids is 2. The SMILES string of the molecule is C=CC[N+]1(CC(C)C)CC[C@]23C4=C5C=CC(NC(=O)C(OC(F)(F)F)=C(O)c6ccccc6)(OC(C)=O)C4O[C@H]2CCC[C@H]3[C@H]1C5. The van der Waals surface area contributed by atoms with E-state index in [1.54, 1.807) is 6.07 Å². The quantitative estimate of drug-likeness (QED) is 0.0847. The van der Waals surface area contributed by atoms with E-state index in [1.165, 1.54) is 37.3 Å². The van der Waals surface area contributed by atoms with Crippen LogP contribution in [0.3, 0.4) is 0 Å². The highest BCUT2D eigenvalue weighted by molar-refractivity contribution is 5.98. The Morgan fingerprint density at radius 2 is 1.98 bits per heavy atom. The summed E-state index contributed by atoms with van der Waals surface area (Å²) in [5.74, 6) is -3.78. The highest BCUT2D eigenvalue weighted by atomic mass is 19.4. The summed E-state index contributed by atoms with van der Waals surface area (Å²) in [6, 6.07) is 7.63. The van der Waals surface area contributed by atoms with Gasteiger partial charge in [-0.1, -0.05) is 63.3 Å². The van der Waals surface area contributed by atoms with Crippen LogP contribution in [0.25, 0.3) is 5.76 Å². The molecule has 2 bridgehead atoms. The second-order valence-corrected chi connectivity index (χ2v) is 13.8. The van der Waals surface area contributed by atoms with Gasteiger partial charge in [0.2, 0.25) is 11.5 Å². The number of quaternary nitrogens is 1. The van der Waals surface area contributed by atoms with Crippen molar-refractivity contribution in [2.45, 2.75) is 83.2 Å². The van der Waals surface area contributed by atoms with Gasteiger partial charge in [0.1, 0.15) is 6.10 Å². The van der Waals surface area contributed by atoms with Gasteiger partial charge in [-0.15, -0.1) is 13.2 Å². The first-order chi connectivity index (χ1) is 21.8. The van der Waals surface area contributed by atoms with E-state index >= 15 is 0 Å². The molecule has 0 aromatic heterocycles. The molecule has 1 amide bonds. The lowest BCUT2D eigenvalue weighted by atomic mass is 9.50. The van der Waals surface area contributed by atoms with Gasteiger partial charge >= 0.3 is 12.3 Å². The van der Waals surface area contributed by atoms with Crippen molar-refractivity contribution in [1.29, 1.82) is 0 Å². The Bertz CT molecular complexity index is 1500. The van der Waals surface area contributed by atoms with E-state index in [2.05, 4.69) is 30.5 Å². The van der Waals surface area contributed by atoms with Crippen molar-refractivity contribution >= 4 is 17.6 Å². The number of amides is 1. The second kappa shape index (κ2) is 11.6. The van der Waals surface area contributed by atoms with E-state index in [-0.39, 0.29) is 23.0 Å². The molecule has 7 atom stereocenters. The first-order valence-electron chi connectivity index (χ1n) is 16.1.